The maximum Gasteiger partial charge on any atom is 0.257 e. The lowest BCUT2D eigenvalue weighted by Crippen LogP contribution is -2.11. The third-order valence-electron chi connectivity index (χ3n) is 3.88. The summed E-state index contributed by atoms with van der Waals surface area (Å²) in [6, 6.07) is 13.6. The van der Waals surface area contributed by atoms with E-state index in [1.807, 2.05) is 19.1 Å². The van der Waals surface area contributed by atoms with Crippen LogP contribution in [0.4, 0.5) is 5.13 Å². The number of aromatic nitrogens is 1. The Balaban J connectivity index is 1.86. The third kappa shape index (κ3) is 3.57. The van der Waals surface area contributed by atoms with Crippen molar-refractivity contribution in [3.05, 3.63) is 68.5 Å². The Morgan fingerprint density at radius 1 is 1.08 bits per heavy atom. The van der Waals surface area contributed by atoms with E-state index < -0.39 is 0 Å². The van der Waals surface area contributed by atoms with Crippen LogP contribution in [-0.4, -0.2) is 10.9 Å². The summed E-state index contributed by atoms with van der Waals surface area (Å²) in [7, 11) is 0. The zero-order chi connectivity index (χ0) is 17.3. The first-order valence-corrected chi connectivity index (χ1v) is 9.17. The molecular formula is C19H17BrN2OS. The summed E-state index contributed by atoms with van der Waals surface area (Å²) < 4.78 is 0.876. The molecule has 1 amide bonds. The SMILES string of the molecule is Cc1ccc(-c2nc(NC(=O)c3cccc(Br)c3)sc2C)cc1C. The summed E-state index contributed by atoms with van der Waals surface area (Å²) in [4.78, 5) is 18.1. The number of hydrogen-bond donors (Lipinski definition) is 1. The molecule has 5 heteroatoms. The van der Waals surface area contributed by atoms with Gasteiger partial charge in [0, 0.05) is 20.5 Å². The van der Waals surface area contributed by atoms with Crippen molar-refractivity contribution in [3.8, 4) is 11.3 Å². The Morgan fingerprint density at radius 3 is 2.58 bits per heavy atom. The second-order valence-electron chi connectivity index (χ2n) is 5.69. The number of thiazole rings is 1. The van der Waals surface area contributed by atoms with E-state index in [1.54, 1.807) is 12.1 Å². The summed E-state index contributed by atoms with van der Waals surface area (Å²) in [5, 5.41) is 3.51. The molecule has 0 aliphatic carbocycles. The molecule has 0 spiro atoms. The van der Waals surface area contributed by atoms with Crippen LogP contribution in [0.1, 0.15) is 26.4 Å². The van der Waals surface area contributed by atoms with E-state index in [0.29, 0.717) is 10.7 Å². The first-order chi connectivity index (χ1) is 11.4. The highest BCUT2D eigenvalue weighted by Crippen LogP contribution is 2.31. The lowest BCUT2D eigenvalue weighted by atomic mass is 10.0. The third-order valence-corrected chi connectivity index (χ3v) is 5.26. The maximum atomic E-state index is 12.4. The number of carbonyl (C=O) groups excluding carboxylic acids is 1. The molecule has 0 atom stereocenters. The Morgan fingerprint density at radius 2 is 1.88 bits per heavy atom. The van der Waals surface area contributed by atoms with Crippen molar-refractivity contribution in [1.82, 2.24) is 4.98 Å². The van der Waals surface area contributed by atoms with E-state index in [1.165, 1.54) is 22.5 Å². The van der Waals surface area contributed by atoms with Gasteiger partial charge in [0.1, 0.15) is 0 Å². The number of nitrogens with one attached hydrogen (secondary N) is 1. The van der Waals surface area contributed by atoms with E-state index in [2.05, 4.69) is 58.3 Å². The van der Waals surface area contributed by atoms with Gasteiger partial charge in [-0.25, -0.2) is 4.98 Å². The minimum Gasteiger partial charge on any atom is -0.298 e. The highest BCUT2D eigenvalue weighted by molar-refractivity contribution is 9.10. The number of aryl methyl sites for hydroxylation is 3. The molecular weight excluding hydrogens is 384 g/mol. The number of benzene rings is 2. The van der Waals surface area contributed by atoms with Gasteiger partial charge < -0.3 is 0 Å². The van der Waals surface area contributed by atoms with Gasteiger partial charge in [0.15, 0.2) is 5.13 Å². The predicted molar refractivity (Wildman–Crippen MR) is 104 cm³/mol. The van der Waals surface area contributed by atoms with E-state index in [-0.39, 0.29) is 5.91 Å². The van der Waals surface area contributed by atoms with Crippen LogP contribution in [0.5, 0.6) is 0 Å². The molecule has 0 saturated carbocycles. The topological polar surface area (TPSA) is 42.0 Å². The minimum absolute atomic E-state index is 0.156. The van der Waals surface area contributed by atoms with Gasteiger partial charge in [-0.1, -0.05) is 34.1 Å². The fourth-order valence-corrected chi connectivity index (χ4v) is 3.64. The van der Waals surface area contributed by atoms with E-state index in [0.717, 1.165) is 20.6 Å². The lowest BCUT2D eigenvalue weighted by molar-refractivity contribution is 0.102. The predicted octanol–water partition coefficient (Wildman–Crippen LogP) is 5.75. The molecule has 2 aromatic carbocycles. The molecule has 0 unspecified atom stereocenters. The summed E-state index contributed by atoms with van der Waals surface area (Å²) in [6.07, 6.45) is 0. The van der Waals surface area contributed by atoms with Crippen LogP contribution in [-0.2, 0) is 0 Å². The Bertz CT molecular complexity index is 917. The number of carbonyl (C=O) groups is 1. The Kier molecular flexibility index (Phi) is 4.83. The average Bonchev–Trinajstić information content (AvgIpc) is 2.90. The number of hydrogen-bond acceptors (Lipinski definition) is 3. The van der Waals surface area contributed by atoms with Crippen molar-refractivity contribution in [2.24, 2.45) is 0 Å². The highest BCUT2D eigenvalue weighted by Gasteiger charge is 2.13. The van der Waals surface area contributed by atoms with Crippen molar-refractivity contribution >= 4 is 38.3 Å². The van der Waals surface area contributed by atoms with Crippen molar-refractivity contribution < 1.29 is 4.79 Å². The van der Waals surface area contributed by atoms with Gasteiger partial charge in [0.2, 0.25) is 0 Å². The van der Waals surface area contributed by atoms with Crippen LogP contribution in [0.15, 0.2) is 46.9 Å². The van der Waals surface area contributed by atoms with E-state index in [4.69, 9.17) is 0 Å². The zero-order valence-corrected chi connectivity index (χ0v) is 16.1. The second-order valence-corrected chi connectivity index (χ2v) is 7.81. The van der Waals surface area contributed by atoms with Gasteiger partial charge in [0.25, 0.3) is 5.91 Å². The van der Waals surface area contributed by atoms with Crippen molar-refractivity contribution in [3.63, 3.8) is 0 Å². The Hall–Kier alpha value is -1.98. The summed E-state index contributed by atoms with van der Waals surface area (Å²) >= 11 is 4.87. The summed E-state index contributed by atoms with van der Waals surface area (Å²) in [5.74, 6) is -0.156. The van der Waals surface area contributed by atoms with Crippen LogP contribution in [0, 0.1) is 20.8 Å². The van der Waals surface area contributed by atoms with Crippen LogP contribution in [0.3, 0.4) is 0 Å². The standard InChI is InChI=1S/C19H17BrN2OS/c1-11-7-8-14(9-12(11)2)17-13(3)24-19(21-17)22-18(23)15-5-4-6-16(20)10-15/h4-10H,1-3H3,(H,21,22,23). The molecule has 3 aromatic rings. The quantitative estimate of drug-likeness (QED) is 0.607. The molecule has 1 N–H and O–H groups in total. The van der Waals surface area contributed by atoms with Crippen LogP contribution in [0.25, 0.3) is 11.3 Å². The number of halogens is 1. The molecule has 0 aliphatic rings. The molecule has 0 bridgehead atoms. The molecule has 24 heavy (non-hydrogen) atoms. The van der Waals surface area contributed by atoms with Crippen LogP contribution >= 0.6 is 27.3 Å². The number of rotatable bonds is 3. The zero-order valence-electron chi connectivity index (χ0n) is 13.7. The first-order valence-electron chi connectivity index (χ1n) is 7.56. The van der Waals surface area contributed by atoms with Crippen LogP contribution < -0.4 is 5.32 Å². The lowest BCUT2D eigenvalue weighted by Gasteiger charge is -2.04. The summed E-state index contributed by atoms with van der Waals surface area (Å²) in [5.41, 5.74) is 5.10. The number of amides is 1. The van der Waals surface area contributed by atoms with Crippen molar-refractivity contribution in [2.75, 3.05) is 5.32 Å². The van der Waals surface area contributed by atoms with Crippen molar-refractivity contribution in [1.29, 1.82) is 0 Å². The Labute approximate surface area is 153 Å². The van der Waals surface area contributed by atoms with E-state index >= 15 is 0 Å². The monoisotopic (exact) mass is 400 g/mol. The second kappa shape index (κ2) is 6.87. The molecule has 122 valence electrons. The van der Waals surface area contributed by atoms with Gasteiger partial charge in [-0.05, 0) is 56.2 Å². The molecule has 3 rings (SSSR count). The summed E-state index contributed by atoms with van der Waals surface area (Å²) in [6.45, 7) is 6.21. The minimum atomic E-state index is -0.156. The van der Waals surface area contributed by atoms with Crippen molar-refractivity contribution in [2.45, 2.75) is 20.8 Å². The maximum absolute atomic E-state index is 12.4. The number of nitrogens with zero attached hydrogens (tertiary/aromatic N) is 1. The molecule has 1 aromatic heterocycles. The van der Waals surface area contributed by atoms with Gasteiger partial charge in [-0.15, -0.1) is 11.3 Å². The molecule has 3 nitrogen and oxygen atoms in total. The highest BCUT2D eigenvalue weighted by atomic mass is 79.9. The number of anilines is 1. The van der Waals surface area contributed by atoms with Gasteiger partial charge in [-0.2, -0.15) is 0 Å². The normalized spacial score (nSPS) is 10.7. The van der Waals surface area contributed by atoms with Gasteiger partial charge >= 0.3 is 0 Å². The fourth-order valence-electron chi connectivity index (χ4n) is 2.41. The first kappa shape index (κ1) is 16.9. The van der Waals surface area contributed by atoms with Gasteiger partial charge in [-0.3, -0.25) is 10.1 Å². The molecule has 0 saturated heterocycles. The average molecular weight is 401 g/mol. The van der Waals surface area contributed by atoms with Gasteiger partial charge in [0.05, 0.1) is 5.69 Å². The van der Waals surface area contributed by atoms with Crippen LogP contribution in [0.2, 0.25) is 0 Å². The smallest absolute Gasteiger partial charge is 0.257 e. The fraction of sp³-hybridized carbons (Fsp3) is 0.158. The molecule has 0 aliphatic heterocycles. The van der Waals surface area contributed by atoms with E-state index in [9.17, 15) is 4.79 Å². The largest absolute Gasteiger partial charge is 0.298 e. The molecule has 0 radical (unpaired) electrons. The molecule has 1 heterocycles. The molecule has 0 fully saturated rings.